The molecule has 1 saturated heterocycles. The molecule has 170 valence electrons. The van der Waals surface area contributed by atoms with Crippen LogP contribution in [0.1, 0.15) is 36.7 Å². The van der Waals surface area contributed by atoms with Crippen LogP contribution >= 0.6 is 0 Å². The van der Waals surface area contributed by atoms with Gasteiger partial charge in [-0.15, -0.1) is 0 Å². The Morgan fingerprint density at radius 3 is 2.65 bits per heavy atom. The summed E-state index contributed by atoms with van der Waals surface area (Å²) >= 11 is 0. The van der Waals surface area contributed by atoms with Crippen LogP contribution < -0.4 is 10.6 Å². The van der Waals surface area contributed by atoms with Crippen molar-refractivity contribution >= 4 is 5.96 Å². The fourth-order valence-corrected chi connectivity index (χ4v) is 4.11. The van der Waals surface area contributed by atoms with Crippen molar-refractivity contribution in [1.82, 2.24) is 25.3 Å². The zero-order valence-corrected chi connectivity index (χ0v) is 19.5. The Bertz CT molecular complexity index is 838. The number of nitrogens with one attached hydrogen (secondary N) is 2. The van der Waals surface area contributed by atoms with Gasteiger partial charge in [0.1, 0.15) is 0 Å². The van der Waals surface area contributed by atoms with E-state index in [1.165, 1.54) is 12.8 Å². The number of hydrogen-bond acceptors (Lipinski definition) is 4. The molecular formula is C24H38N6O. The van der Waals surface area contributed by atoms with Crippen LogP contribution in [0, 0.1) is 19.8 Å². The van der Waals surface area contributed by atoms with Crippen LogP contribution in [0.3, 0.4) is 0 Å². The number of piperidine rings is 1. The van der Waals surface area contributed by atoms with Crippen molar-refractivity contribution in [2.45, 2.75) is 40.2 Å². The normalized spacial score (nSPS) is 15.9. The van der Waals surface area contributed by atoms with Gasteiger partial charge in [-0.05, 0) is 70.3 Å². The van der Waals surface area contributed by atoms with E-state index >= 15 is 0 Å². The van der Waals surface area contributed by atoms with E-state index < -0.39 is 0 Å². The van der Waals surface area contributed by atoms with E-state index in [1.807, 2.05) is 11.6 Å². The van der Waals surface area contributed by atoms with Gasteiger partial charge in [0.2, 0.25) is 0 Å². The summed E-state index contributed by atoms with van der Waals surface area (Å²) in [6.45, 7) is 12.8. The molecule has 0 radical (unpaired) electrons. The first-order valence-corrected chi connectivity index (χ1v) is 11.5. The van der Waals surface area contributed by atoms with Gasteiger partial charge in [-0.25, -0.2) is 9.67 Å². The largest absolute Gasteiger partial charge is 0.383 e. The summed E-state index contributed by atoms with van der Waals surface area (Å²) in [5, 5.41) is 11.6. The number of aryl methyl sites for hydroxylation is 2. The van der Waals surface area contributed by atoms with Crippen molar-refractivity contribution in [2.24, 2.45) is 10.9 Å². The Morgan fingerprint density at radius 2 is 1.97 bits per heavy atom. The number of likely N-dealkylation sites (tertiary alicyclic amines) is 1. The third kappa shape index (κ3) is 6.80. The average molecular weight is 427 g/mol. The maximum Gasteiger partial charge on any atom is 0.191 e. The van der Waals surface area contributed by atoms with Crippen LogP contribution in [0.2, 0.25) is 0 Å². The van der Waals surface area contributed by atoms with Gasteiger partial charge in [0.25, 0.3) is 0 Å². The minimum absolute atomic E-state index is 0.610. The quantitative estimate of drug-likeness (QED) is 0.477. The molecule has 1 aromatic carbocycles. The lowest BCUT2D eigenvalue weighted by atomic mass is 9.97. The minimum Gasteiger partial charge on any atom is -0.383 e. The first-order chi connectivity index (χ1) is 15.1. The van der Waals surface area contributed by atoms with E-state index in [4.69, 9.17) is 9.73 Å². The van der Waals surface area contributed by atoms with Gasteiger partial charge in [-0.2, -0.15) is 5.10 Å². The summed E-state index contributed by atoms with van der Waals surface area (Å²) in [5.41, 5.74) is 4.42. The SMILES string of the molecule is CCNC(=NCc1ccccc1-n1nc(C)cc1C)NCC1CCN(CCOC)CC1. The van der Waals surface area contributed by atoms with Crippen molar-refractivity contribution in [1.29, 1.82) is 0 Å². The third-order valence-electron chi connectivity index (χ3n) is 5.86. The van der Waals surface area contributed by atoms with Crippen LogP contribution in [-0.4, -0.2) is 67.1 Å². The summed E-state index contributed by atoms with van der Waals surface area (Å²) in [6.07, 6.45) is 2.44. The molecule has 31 heavy (non-hydrogen) atoms. The van der Waals surface area contributed by atoms with Gasteiger partial charge < -0.3 is 20.3 Å². The Balaban J connectivity index is 1.59. The zero-order valence-electron chi connectivity index (χ0n) is 19.5. The Labute approximate surface area is 186 Å². The second kappa shape index (κ2) is 11.9. The predicted octanol–water partition coefficient (Wildman–Crippen LogP) is 2.90. The molecule has 0 spiro atoms. The maximum absolute atomic E-state index is 5.20. The molecule has 1 aliphatic heterocycles. The second-order valence-electron chi connectivity index (χ2n) is 8.32. The molecular weight excluding hydrogens is 388 g/mol. The smallest absolute Gasteiger partial charge is 0.191 e. The zero-order chi connectivity index (χ0) is 22.1. The monoisotopic (exact) mass is 426 g/mol. The lowest BCUT2D eigenvalue weighted by Crippen LogP contribution is -2.43. The van der Waals surface area contributed by atoms with Crippen LogP contribution in [0.4, 0.5) is 0 Å². The van der Waals surface area contributed by atoms with E-state index in [2.05, 4.69) is 64.8 Å². The van der Waals surface area contributed by atoms with E-state index in [0.29, 0.717) is 12.5 Å². The molecule has 1 aliphatic rings. The van der Waals surface area contributed by atoms with E-state index in [0.717, 1.165) is 67.9 Å². The molecule has 1 fully saturated rings. The number of rotatable bonds is 9. The molecule has 0 saturated carbocycles. The Morgan fingerprint density at radius 1 is 1.19 bits per heavy atom. The van der Waals surface area contributed by atoms with Gasteiger partial charge in [-0.3, -0.25) is 0 Å². The maximum atomic E-state index is 5.20. The van der Waals surface area contributed by atoms with Crippen molar-refractivity contribution in [3.63, 3.8) is 0 Å². The molecule has 0 amide bonds. The average Bonchev–Trinajstić information content (AvgIpc) is 3.12. The number of aromatic nitrogens is 2. The second-order valence-corrected chi connectivity index (χ2v) is 8.32. The minimum atomic E-state index is 0.610. The Kier molecular flexibility index (Phi) is 8.91. The molecule has 0 unspecified atom stereocenters. The summed E-state index contributed by atoms with van der Waals surface area (Å²) in [7, 11) is 1.77. The highest BCUT2D eigenvalue weighted by Crippen LogP contribution is 2.18. The molecule has 2 heterocycles. The number of benzene rings is 1. The van der Waals surface area contributed by atoms with Gasteiger partial charge >= 0.3 is 0 Å². The van der Waals surface area contributed by atoms with Crippen LogP contribution in [0.25, 0.3) is 5.69 Å². The molecule has 2 N–H and O–H groups in total. The van der Waals surface area contributed by atoms with Gasteiger partial charge in [0.15, 0.2) is 5.96 Å². The topological polar surface area (TPSA) is 66.7 Å². The standard InChI is InChI=1S/C24H38N6O/c1-5-25-24(26-17-21-10-12-29(13-11-21)14-15-31-4)27-18-22-8-6-7-9-23(22)30-20(3)16-19(2)28-30/h6-9,16,21H,5,10-15,17-18H2,1-4H3,(H2,25,26,27). The van der Waals surface area contributed by atoms with Crippen molar-refractivity contribution in [3.8, 4) is 5.69 Å². The van der Waals surface area contributed by atoms with Crippen LogP contribution in [0.15, 0.2) is 35.3 Å². The molecule has 7 nitrogen and oxygen atoms in total. The predicted molar refractivity (Wildman–Crippen MR) is 127 cm³/mol. The number of methoxy groups -OCH3 is 1. The van der Waals surface area contributed by atoms with Gasteiger partial charge in [0, 0.05) is 32.4 Å². The first-order valence-electron chi connectivity index (χ1n) is 11.5. The van der Waals surface area contributed by atoms with Crippen LogP contribution in [0.5, 0.6) is 0 Å². The lowest BCUT2D eigenvalue weighted by Gasteiger charge is -2.32. The molecule has 0 atom stereocenters. The molecule has 3 rings (SSSR count). The van der Waals surface area contributed by atoms with E-state index in [9.17, 15) is 0 Å². The Hall–Kier alpha value is -2.38. The molecule has 0 aliphatic carbocycles. The third-order valence-corrected chi connectivity index (χ3v) is 5.86. The molecule has 2 aromatic rings. The van der Waals surface area contributed by atoms with Crippen molar-refractivity contribution < 1.29 is 4.74 Å². The highest BCUT2D eigenvalue weighted by Gasteiger charge is 2.19. The van der Waals surface area contributed by atoms with E-state index in [-0.39, 0.29) is 0 Å². The fourth-order valence-electron chi connectivity index (χ4n) is 4.11. The fraction of sp³-hybridized carbons (Fsp3) is 0.583. The van der Waals surface area contributed by atoms with Crippen molar-refractivity contribution in [3.05, 3.63) is 47.3 Å². The molecule has 1 aromatic heterocycles. The van der Waals surface area contributed by atoms with E-state index in [1.54, 1.807) is 7.11 Å². The highest BCUT2D eigenvalue weighted by atomic mass is 16.5. The van der Waals surface area contributed by atoms with Crippen LogP contribution in [-0.2, 0) is 11.3 Å². The number of ether oxygens (including phenoxy) is 1. The number of aliphatic imine (C=N–C) groups is 1. The summed E-state index contributed by atoms with van der Waals surface area (Å²) in [6, 6.07) is 10.5. The van der Waals surface area contributed by atoms with Gasteiger partial charge in [-0.1, -0.05) is 18.2 Å². The summed E-state index contributed by atoms with van der Waals surface area (Å²) in [4.78, 5) is 7.37. The van der Waals surface area contributed by atoms with Gasteiger partial charge in [0.05, 0.1) is 24.5 Å². The molecule has 7 heteroatoms. The number of hydrogen-bond donors (Lipinski definition) is 2. The summed E-state index contributed by atoms with van der Waals surface area (Å²) < 4.78 is 7.21. The highest BCUT2D eigenvalue weighted by molar-refractivity contribution is 5.79. The summed E-state index contributed by atoms with van der Waals surface area (Å²) in [5.74, 6) is 1.57. The number of guanidine groups is 1. The number of nitrogens with zero attached hydrogens (tertiary/aromatic N) is 4. The first kappa shape index (κ1) is 23.3. The number of para-hydroxylation sites is 1. The van der Waals surface area contributed by atoms with Crippen molar-refractivity contribution in [2.75, 3.05) is 46.4 Å². The molecule has 0 bridgehead atoms. The lowest BCUT2D eigenvalue weighted by molar-refractivity contribution is 0.121.